The standard InChI is InChI=1S/C19H21ClN2O6S/c1-12(28-15-8-6-14(7-9-15)22(2)29(4,25)26)18(23)21-17-11-13(19(24)27-3)5-10-16(17)20/h5-12H,1-4H3,(H,21,23)/t12-/m0/s1. The average molecular weight is 441 g/mol. The molecule has 1 amide bonds. The lowest BCUT2D eigenvalue weighted by Crippen LogP contribution is -2.30. The van der Waals surface area contributed by atoms with E-state index in [2.05, 4.69) is 10.1 Å². The van der Waals surface area contributed by atoms with Gasteiger partial charge < -0.3 is 14.8 Å². The van der Waals surface area contributed by atoms with Crippen LogP contribution in [0, 0.1) is 0 Å². The molecule has 0 aromatic heterocycles. The molecule has 2 aromatic rings. The van der Waals surface area contributed by atoms with Gasteiger partial charge in [0.05, 0.1) is 35.3 Å². The minimum absolute atomic E-state index is 0.242. The molecule has 1 atom stereocenters. The van der Waals surface area contributed by atoms with Gasteiger partial charge >= 0.3 is 5.97 Å². The van der Waals surface area contributed by atoms with E-state index in [1.54, 1.807) is 31.2 Å². The molecule has 0 saturated carbocycles. The van der Waals surface area contributed by atoms with Gasteiger partial charge in [-0.1, -0.05) is 11.6 Å². The first-order chi connectivity index (χ1) is 13.5. The number of hydrogen-bond acceptors (Lipinski definition) is 6. The fraction of sp³-hybridized carbons (Fsp3) is 0.263. The molecule has 156 valence electrons. The van der Waals surface area contributed by atoms with Gasteiger partial charge in [-0.3, -0.25) is 9.10 Å². The number of anilines is 2. The van der Waals surface area contributed by atoms with Crippen LogP contribution in [0.25, 0.3) is 0 Å². The van der Waals surface area contributed by atoms with Crippen molar-refractivity contribution < 1.29 is 27.5 Å². The van der Waals surface area contributed by atoms with Crippen molar-refractivity contribution in [3.63, 3.8) is 0 Å². The zero-order valence-corrected chi connectivity index (χ0v) is 17.9. The van der Waals surface area contributed by atoms with E-state index in [0.29, 0.717) is 11.4 Å². The maximum absolute atomic E-state index is 12.4. The molecule has 2 aromatic carbocycles. The van der Waals surface area contributed by atoms with Gasteiger partial charge in [-0.2, -0.15) is 0 Å². The molecule has 0 spiro atoms. The molecule has 8 nitrogen and oxygen atoms in total. The van der Waals surface area contributed by atoms with Gasteiger partial charge in [0.15, 0.2) is 6.10 Å². The molecular formula is C19H21ClN2O6S. The average Bonchev–Trinajstić information content (AvgIpc) is 2.68. The van der Waals surface area contributed by atoms with E-state index in [1.165, 1.54) is 32.4 Å². The number of nitrogens with zero attached hydrogens (tertiary/aromatic N) is 1. The van der Waals surface area contributed by atoms with Gasteiger partial charge in [0.2, 0.25) is 10.0 Å². The highest BCUT2D eigenvalue weighted by molar-refractivity contribution is 7.92. The number of carbonyl (C=O) groups excluding carboxylic acids is 2. The molecular weight excluding hydrogens is 420 g/mol. The van der Waals surface area contributed by atoms with Crippen molar-refractivity contribution in [3.05, 3.63) is 53.1 Å². The zero-order chi connectivity index (χ0) is 21.8. The van der Waals surface area contributed by atoms with Gasteiger partial charge in [-0.25, -0.2) is 13.2 Å². The second-order valence-corrected chi connectivity index (χ2v) is 8.58. The Hall–Kier alpha value is -2.78. The van der Waals surface area contributed by atoms with Gasteiger partial charge in [0.1, 0.15) is 5.75 Å². The number of halogens is 1. The summed E-state index contributed by atoms with van der Waals surface area (Å²) >= 11 is 6.08. The van der Waals surface area contributed by atoms with Gasteiger partial charge in [-0.15, -0.1) is 0 Å². The summed E-state index contributed by atoms with van der Waals surface area (Å²) in [4.78, 5) is 24.1. The summed E-state index contributed by atoms with van der Waals surface area (Å²) in [5.74, 6) is -0.653. The number of rotatable bonds is 7. The predicted octanol–water partition coefficient (Wildman–Crippen LogP) is 2.93. The summed E-state index contributed by atoms with van der Waals surface area (Å²) in [6, 6.07) is 10.6. The molecule has 0 unspecified atom stereocenters. The predicted molar refractivity (Wildman–Crippen MR) is 111 cm³/mol. The first-order valence-electron chi connectivity index (χ1n) is 8.42. The number of esters is 1. The molecule has 0 bridgehead atoms. The Bertz CT molecular complexity index is 1010. The third-order valence-electron chi connectivity index (χ3n) is 4.03. The summed E-state index contributed by atoms with van der Waals surface area (Å²) in [6.45, 7) is 1.55. The third-order valence-corrected chi connectivity index (χ3v) is 5.56. The minimum Gasteiger partial charge on any atom is -0.481 e. The number of sulfonamides is 1. The highest BCUT2D eigenvalue weighted by Crippen LogP contribution is 2.25. The number of benzene rings is 2. The molecule has 0 radical (unpaired) electrons. The molecule has 0 aliphatic heterocycles. The summed E-state index contributed by atoms with van der Waals surface area (Å²) in [6.07, 6.45) is 0.218. The second kappa shape index (κ2) is 9.15. The van der Waals surface area contributed by atoms with E-state index >= 15 is 0 Å². The topological polar surface area (TPSA) is 102 Å². The highest BCUT2D eigenvalue weighted by Gasteiger charge is 2.18. The Kier molecular flexibility index (Phi) is 7.10. The van der Waals surface area contributed by atoms with Crippen LogP contribution in [0.15, 0.2) is 42.5 Å². The Morgan fingerprint density at radius 2 is 1.76 bits per heavy atom. The fourth-order valence-corrected chi connectivity index (χ4v) is 2.95. The molecule has 0 heterocycles. The van der Waals surface area contributed by atoms with Crippen molar-refractivity contribution in [1.29, 1.82) is 0 Å². The van der Waals surface area contributed by atoms with Crippen LogP contribution in [-0.2, 0) is 19.6 Å². The van der Waals surface area contributed by atoms with Crippen LogP contribution in [0.3, 0.4) is 0 Å². The molecule has 1 N–H and O–H groups in total. The van der Waals surface area contributed by atoms with Crippen LogP contribution >= 0.6 is 11.6 Å². The molecule has 2 rings (SSSR count). The van der Waals surface area contributed by atoms with Crippen LogP contribution in [0.2, 0.25) is 5.02 Å². The molecule has 0 aliphatic carbocycles. The molecule has 29 heavy (non-hydrogen) atoms. The Labute approximate surface area is 174 Å². The summed E-state index contributed by atoms with van der Waals surface area (Å²) in [5, 5.41) is 2.86. The quantitative estimate of drug-likeness (QED) is 0.664. The van der Waals surface area contributed by atoms with E-state index < -0.39 is 28.0 Å². The van der Waals surface area contributed by atoms with Gasteiger partial charge in [0, 0.05) is 7.05 Å². The molecule has 0 aliphatic rings. The summed E-state index contributed by atoms with van der Waals surface area (Å²) in [5.41, 5.74) is 0.954. The van der Waals surface area contributed by atoms with E-state index in [9.17, 15) is 18.0 Å². The smallest absolute Gasteiger partial charge is 0.337 e. The second-order valence-electron chi connectivity index (χ2n) is 6.16. The van der Waals surface area contributed by atoms with Crippen LogP contribution in [0.5, 0.6) is 5.75 Å². The number of methoxy groups -OCH3 is 1. The summed E-state index contributed by atoms with van der Waals surface area (Å²) < 4.78 is 34.5. The normalized spacial score (nSPS) is 12.0. The van der Waals surface area contributed by atoms with Crippen molar-refractivity contribution in [3.8, 4) is 5.75 Å². The Morgan fingerprint density at radius 3 is 2.31 bits per heavy atom. The van der Waals surface area contributed by atoms with Gasteiger partial charge in [0.25, 0.3) is 5.91 Å². The maximum Gasteiger partial charge on any atom is 0.337 e. The SMILES string of the molecule is COC(=O)c1ccc(Cl)c(NC(=O)[C@H](C)Oc2ccc(N(C)S(C)(=O)=O)cc2)c1. The van der Waals surface area contributed by atoms with Crippen molar-refractivity contribution in [2.24, 2.45) is 0 Å². The molecule has 0 fully saturated rings. The van der Waals surface area contributed by atoms with Crippen molar-refractivity contribution in [2.75, 3.05) is 30.0 Å². The van der Waals surface area contributed by atoms with Crippen LogP contribution in [0.1, 0.15) is 17.3 Å². The fourth-order valence-electron chi connectivity index (χ4n) is 2.28. The van der Waals surface area contributed by atoms with E-state index in [4.69, 9.17) is 16.3 Å². The number of ether oxygens (including phenoxy) is 2. The molecule has 0 saturated heterocycles. The summed E-state index contributed by atoms with van der Waals surface area (Å²) in [7, 11) is -0.681. The highest BCUT2D eigenvalue weighted by atomic mass is 35.5. The number of nitrogens with one attached hydrogen (secondary N) is 1. The first-order valence-corrected chi connectivity index (χ1v) is 10.6. The zero-order valence-electron chi connectivity index (χ0n) is 16.3. The number of carbonyl (C=O) groups is 2. The monoisotopic (exact) mass is 440 g/mol. The van der Waals surface area contributed by atoms with Crippen molar-refractivity contribution >= 4 is 44.9 Å². The maximum atomic E-state index is 12.4. The largest absolute Gasteiger partial charge is 0.481 e. The van der Waals surface area contributed by atoms with E-state index in [1.807, 2.05) is 0 Å². The van der Waals surface area contributed by atoms with Crippen molar-refractivity contribution in [2.45, 2.75) is 13.0 Å². The lowest BCUT2D eigenvalue weighted by atomic mass is 10.2. The lowest BCUT2D eigenvalue weighted by molar-refractivity contribution is -0.122. The molecule has 10 heteroatoms. The number of hydrogen-bond donors (Lipinski definition) is 1. The van der Waals surface area contributed by atoms with Crippen LogP contribution in [0.4, 0.5) is 11.4 Å². The van der Waals surface area contributed by atoms with E-state index in [-0.39, 0.29) is 16.3 Å². The van der Waals surface area contributed by atoms with Crippen LogP contribution in [-0.4, -0.2) is 46.8 Å². The first kappa shape index (κ1) is 22.5. The number of amides is 1. The van der Waals surface area contributed by atoms with E-state index in [0.717, 1.165) is 10.6 Å². The Morgan fingerprint density at radius 1 is 1.14 bits per heavy atom. The van der Waals surface area contributed by atoms with Gasteiger partial charge in [-0.05, 0) is 49.4 Å². The minimum atomic E-state index is -3.37. The Balaban J connectivity index is 2.07. The third kappa shape index (κ3) is 5.85. The van der Waals surface area contributed by atoms with Crippen LogP contribution < -0.4 is 14.4 Å². The lowest BCUT2D eigenvalue weighted by Gasteiger charge is -2.18. The van der Waals surface area contributed by atoms with Crippen molar-refractivity contribution in [1.82, 2.24) is 0 Å².